The molecule has 0 N–H and O–H groups in total. The van der Waals surface area contributed by atoms with Gasteiger partial charge in [-0.2, -0.15) is 5.10 Å². The summed E-state index contributed by atoms with van der Waals surface area (Å²) in [6.07, 6.45) is 8.80. The second-order valence-corrected chi connectivity index (χ2v) is 8.28. The van der Waals surface area contributed by atoms with Crippen LogP contribution in [-0.4, -0.2) is 28.1 Å². The van der Waals surface area contributed by atoms with Crippen LogP contribution in [0.5, 0.6) is 5.75 Å². The van der Waals surface area contributed by atoms with E-state index in [1.54, 1.807) is 24.1 Å². The molecule has 0 radical (unpaired) electrons. The van der Waals surface area contributed by atoms with E-state index < -0.39 is 0 Å². The Hall–Kier alpha value is -3.05. The molecule has 0 saturated carbocycles. The molecule has 0 aliphatic carbocycles. The first-order valence-corrected chi connectivity index (χ1v) is 10.7. The molecule has 0 spiro atoms. The molecular formula is C25H28ClN3O2. The lowest BCUT2D eigenvalue weighted by molar-refractivity contribution is -0.114. The number of hydrogen-bond donors (Lipinski definition) is 0. The zero-order chi connectivity index (χ0) is 22.4. The van der Waals surface area contributed by atoms with Gasteiger partial charge in [-0.15, -0.1) is 0 Å². The summed E-state index contributed by atoms with van der Waals surface area (Å²) in [5.41, 5.74) is 2.71. The molecular weight excluding hydrogens is 410 g/mol. The summed E-state index contributed by atoms with van der Waals surface area (Å²) in [6, 6.07) is 14.0. The fourth-order valence-electron chi connectivity index (χ4n) is 3.40. The molecule has 0 fully saturated rings. The van der Waals surface area contributed by atoms with Crippen molar-refractivity contribution >= 4 is 34.6 Å². The summed E-state index contributed by atoms with van der Waals surface area (Å²) in [4.78, 5) is 12.5. The average Bonchev–Trinajstić information content (AvgIpc) is 3.15. The third kappa shape index (κ3) is 5.56. The Morgan fingerprint density at radius 1 is 1.26 bits per heavy atom. The number of fused-ring (bicyclic) bond motifs is 1. The number of carbonyl (C=O) groups excluding carboxylic acids is 1. The van der Waals surface area contributed by atoms with Crippen LogP contribution in [0.2, 0.25) is 5.02 Å². The van der Waals surface area contributed by atoms with Crippen LogP contribution >= 0.6 is 11.6 Å². The zero-order valence-corrected chi connectivity index (χ0v) is 19.1. The van der Waals surface area contributed by atoms with Gasteiger partial charge in [0.25, 0.3) is 0 Å². The van der Waals surface area contributed by atoms with Gasteiger partial charge in [0.2, 0.25) is 6.41 Å². The minimum atomic E-state index is -0.0917. The molecule has 162 valence electrons. The number of nitrogens with zero attached hydrogens (tertiary/aromatic N) is 3. The lowest BCUT2D eigenvalue weighted by Gasteiger charge is -2.22. The van der Waals surface area contributed by atoms with Gasteiger partial charge >= 0.3 is 0 Å². The van der Waals surface area contributed by atoms with E-state index in [4.69, 9.17) is 16.3 Å². The van der Waals surface area contributed by atoms with Crippen LogP contribution in [0.4, 0.5) is 0 Å². The van der Waals surface area contributed by atoms with Gasteiger partial charge in [0.1, 0.15) is 11.9 Å². The number of ether oxygens (including phenoxy) is 1. The molecule has 0 aliphatic rings. The average molecular weight is 438 g/mol. The summed E-state index contributed by atoms with van der Waals surface area (Å²) in [5, 5.41) is 5.93. The van der Waals surface area contributed by atoms with Gasteiger partial charge in [-0.1, -0.05) is 61.9 Å². The standard InChI is InChI=1S/C25H28ClN3O2/c1-5-9-21(16-28(4)17-30)29-23-14-22(26)25(13-20(23)15-27-29)31-24(12-18(2)3)19-10-7-6-8-11-19/h5-11,13-18,24H,12H2,1-4H3/b9-5-,21-16+. The number of benzene rings is 2. The Morgan fingerprint density at radius 3 is 2.65 bits per heavy atom. The van der Waals surface area contributed by atoms with Crippen molar-refractivity contribution in [3.63, 3.8) is 0 Å². The van der Waals surface area contributed by atoms with Crippen molar-refractivity contribution in [3.8, 4) is 5.75 Å². The minimum Gasteiger partial charge on any atom is -0.484 e. The third-order valence-electron chi connectivity index (χ3n) is 4.83. The van der Waals surface area contributed by atoms with E-state index in [-0.39, 0.29) is 6.10 Å². The molecule has 1 unspecified atom stereocenters. The zero-order valence-electron chi connectivity index (χ0n) is 18.3. The van der Waals surface area contributed by atoms with E-state index >= 15 is 0 Å². The van der Waals surface area contributed by atoms with Crippen molar-refractivity contribution in [2.24, 2.45) is 5.92 Å². The highest BCUT2D eigenvalue weighted by Gasteiger charge is 2.18. The second kappa shape index (κ2) is 10.3. The van der Waals surface area contributed by atoms with E-state index in [2.05, 4.69) is 31.1 Å². The molecule has 2 aromatic carbocycles. The highest BCUT2D eigenvalue weighted by molar-refractivity contribution is 6.32. The molecule has 1 heterocycles. The van der Waals surface area contributed by atoms with E-state index in [0.717, 1.165) is 35.0 Å². The summed E-state index contributed by atoms with van der Waals surface area (Å²) < 4.78 is 8.16. The van der Waals surface area contributed by atoms with Crippen molar-refractivity contribution in [1.82, 2.24) is 14.7 Å². The van der Waals surface area contributed by atoms with Gasteiger partial charge in [-0.05, 0) is 43.0 Å². The Morgan fingerprint density at radius 2 is 2.00 bits per heavy atom. The van der Waals surface area contributed by atoms with Gasteiger partial charge in [-0.3, -0.25) is 4.79 Å². The lowest BCUT2D eigenvalue weighted by Crippen LogP contribution is -2.11. The fraction of sp³-hybridized carbons (Fsp3) is 0.280. The third-order valence-corrected chi connectivity index (χ3v) is 5.13. The van der Waals surface area contributed by atoms with E-state index in [1.165, 1.54) is 4.90 Å². The van der Waals surface area contributed by atoms with Crippen molar-refractivity contribution in [2.75, 3.05) is 7.05 Å². The summed E-state index contributed by atoms with van der Waals surface area (Å²) >= 11 is 6.64. The number of rotatable bonds is 9. The van der Waals surface area contributed by atoms with Gasteiger partial charge < -0.3 is 9.64 Å². The number of carbonyl (C=O) groups is 1. The lowest BCUT2D eigenvalue weighted by atomic mass is 9.99. The minimum absolute atomic E-state index is 0.0917. The molecule has 5 nitrogen and oxygen atoms in total. The number of aromatic nitrogens is 2. The van der Waals surface area contributed by atoms with Crippen molar-refractivity contribution < 1.29 is 9.53 Å². The largest absolute Gasteiger partial charge is 0.484 e. The van der Waals surface area contributed by atoms with Crippen LogP contribution < -0.4 is 4.74 Å². The van der Waals surface area contributed by atoms with Crippen molar-refractivity contribution in [3.05, 3.63) is 77.6 Å². The topological polar surface area (TPSA) is 47.4 Å². The quantitative estimate of drug-likeness (QED) is 0.290. The Bertz CT molecular complexity index is 1090. The summed E-state index contributed by atoms with van der Waals surface area (Å²) in [6.45, 7) is 6.27. The van der Waals surface area contributed by atoms with Crippen LogP contribution in [0.3, 0.4) is 0 Å². The maximum Gasteiger partial charge on any atom is 0.213 e. The van der Waals surface area contributed by atoms with Crippen molar-refractivity contribution in [1.29, 1.82) is 0 Å². The molecule has 3 rings (SSSR count). The van der Waals surface area contributed by atoms with Crippen LogP contribution in [0.25, 0.3) is 16.6 Å². The molecule has 0 aliphatic heterocycles. The number of halogens is 1. The van der Waals surface area contributed by atoms with Gasteiger partial charge in [0.15, 0.2) is 0 Å². The van der Waals surface area contributed by atoms with Crippen LogP contribution in [0.1, 0.15) is 38.9 Å². The Labute approximate surface area is 188 Å². The molecule has 1 amide bonds. The maximum atomic E-state index is 11.1. The normalized spacial score (nSPS) is 13.2. The van der Waals surface area contributed by atoms with Crippen LogP contribution in [0.15, 0.2) is 67.0 Å². The molecule has 3 aromatic rings. The van der Waals surface area contributed by atoms with E-state index in [0.29, 0.717) is 16.7 Å². The first-order chi connectivity index (χ1) is 14.9. The molecule has 31 heavy (non-hydrogen) atoms. The maximum absolute atomic E-state index is 11.1. The number of allylic oxidation sites excluding steroid dienone is 3. The van der Waals surface area contributed by atoms with E-state index in [1.807, 2.05) is 49.4 Å². The fourth-order valence-corrected chi connectivity index (χ4v) is 3.61. The highest BCUT2D eigenvalue weighted by Crippen LogP contribution is 2.36. The highest BCUT2D eigenvalue weighted by atomic mass is 35.5. The summed E-state index contributed by atoms with van der Waals surface area (Å²) in [7, 11) is 1.68. The SMILES string of the molecule is C/C=C\C(=C/N(C)C=O)n1ncc2cc(OC(CC(C)C)c3ccccc3)c(Cl)cc21. The van der Waals surface area contributed by atoms with Crippen LogP contribution in [-0.2, 0) is 4.79 Å². The van der Waals surface area contributed by atoms with Gasteiger partial charge in [-0.25, -0.2) is 4.68 Å². The van der Waals surface area contributed by atoms with Gasteiger partial charge in [0.05, 0.1) is 22.4 Å². The van der Waals surface area contributed by atoms with Crippen LogP contribution in [0, 0.1) is 5.92 Å². The molecule has 1 aromatic heterocycles. The molecule has 0 bridgehead atoms. The monoisotopic (exact) mass is 437 g/mol. The smallest absolute Gasteiger partial charge is 0.213 e. The molecule has 1 atom stereocenters. The first-order valence-electron chi connectivity index (χ1n) is 10.3. The van der Waals surface area contributed by atoms with Gasteiger partial charge in [0, 0.05) is 18.6 Å². The predicted molar refractivity (Wildman–Crippen MR) is 127 cm³/mol. The number of amides is 1. The van der Waals surface area contributed by atoms with E-state index in [9.17, 15) is 4.79 Å². The Kier molecular flexibility index (Phi) is 7.53. The number of hydrogen-bond acceptors (Lipinski definition) is 3. The van der Waals surface area contributed by atoms with Crippen molar-refractivity contribution in [2.45, 2.75) is 33.3 Å². The predicted octanol–water partition coefficient (Wildman–Crippen LogP) is 6.32. The molecule has 0 saturated heterocycles. The Balaban J connectivity index is 1.99. The second-order valence-electron chi connectivity index (χ2n) is 7.87. The first kappa shape index (κ1) is 22.6. The molecule has 6 heteroatoms. The summed E-state index contributed by atoms with van der Waals surface area (Å²) in [5.74, 6) is 1.10.